The van der Waals surface area contributed by atoms with Crippen LogP contribution in [0.15, 0.2) is 18.1 Å². The lowest BCUT2D eigenvalue weighted by Crippen LogP contribution is -1.69. The molecule has 0 saturated carbocycles. The second-order valence-electron chi connectivity index (χ2n) is 0.966. The van der Waals surface area contributed by atoms with Crippen molar-refractivity contribution in [2.24, 2.45) is 0 Å². The highest BCUT2D eigenvalue weighted by molar-refractivity contribution is 7.56. The van der Waals surface area contributed by atoms with E-state index in [0.29, 0.717) is 5.82 Å². The smallest absolute Gasteiger partial charge is 0.319 e. The monoisotopic (exact) mass is 138 g/mol. The van der Waals surface area contributed by atoms with E-state index in [2.05, 4.69) is 11.3 Å². The summed E-state index contributed by atoms with van der Waals surface area (Å²) in [7, 11) is -4.14. The predicted molar refractivity (Wildman–Crippen MR) is 25.7 cm³/mol. The Labute approximate surface area is 45.5 Å². The molecule has 0 heterocycles. The highest BCUT2D eigenvalue weighted by Gasteiger charge is 2.13. The third-order valence-electron chi connectivity index (χ3n) is 0.353. The van der Waals surface area contributed by atoms with Gasteiger partial charge in [-0.2, -0.15) is 0 Å². The van der Waals surface area contributed by atoms with Crippen LogP contribution in [0.1, 0.15) is 0 Å². The Hall–Kier alpha value is -0.400. The number of rotatable bonds is 2. The van der Waals surface area contributed by atoms with Gasteiger partial charge in [-0.3, -0.25) is 4.57 Å². The van der Waals surface area contributed by atoms with Crippen molar-refractivity contribution < 1.29 is 18.7 Å². The summed E-state index contributed by atoms with van der Waals surface area (Å²) in [5.41, 5.74) is 1.91. The highest BCUT2D eigenvalue weighted by Crippen LogP contribution is 2.43. The molecule has 0 amide bonds. The Balaban J connectivity index is 4.14. The molecule has 8 heavy (non-hydrogen) atoms. The fourth-order valence-corrected chi connectivity index (χ4v) is 0.406. The molecule has 1 N–H and O–H groups in total. The van der Waals surface area contributed by atoms with Crippen molar-refractivity contribution in [3.05, 3.63) is 18.1 Å². The van der Waals surface area contributed by atoms with E-state index in [4.69, 9.17) is 4.89 Å². The van der Waals surface area contributed by atoms with E-state index in [1.54, 1.807) is 0 Å². The molecule has 3 nitrogen and oxygen atoms in total. The van der Waals surface area contributed by atoms with Crippen molar-refractivity contribution in [2.45, 2.75) is 0 Å². The molecule has 0 radical (unpaired) electrons. The van der Waals surface area contributed by atoms with E-state index in [9.17, 15) is 9.09 Å². The second kappa shape index (κ2) is 2.80. The molecule has 0 aromatic rings. The van der Waals surface area contributed by atoms with Gasteiger partial charge in [0.15, 0.2) is 0 Å². The molecule has 0 aliphatic heterocycles. The van der Waals surface area contributed by atoms with Crippen LogP contribution in [-0.4, -0.2) is 4.89 Å². The molecule has 0 aromatic carbocycles. The van der Waals surface area contributed by atoms with E-state index >= 15 is 0 Å². The van der Waals surface area contributed by atoms with Gasteiger partial charge in [0.1, 0.15) is 0 Å². The Morgan fingerprint density at radius 2 is 2.50 bits per heavy atom. The molecule has 0 saturated heterocycles. The van der Waals surface area contributed by atoms with Gasteiger partial charge in [0.05, 0.1) is 5.82 Å². The maximum absolute atomic E-state index is 10.8. The van der Waals surface area contributed by atoms with Crippen molar-refractivity contribution in [3.8, 4) is 0 Å². The molecule has 0 aliphatic rings. The molecule has 0 bridgehead atoms. The first kappa shape index (κ1) is 7.60. The second-order valence-corrected chi connectivity index (χ2v) is 2.49. The summed E-state index contributed by atoms with van der Waals surface area (Å²) in [4.78, 5) is 8.12. The van der Waals surface area contributed by atoms with Crippen LogP contribution in [-0.2, 0) is 9.29 Å². The molecule has 5 heteroatoms. The number of hydrogen-bond acceptors (Lipinski definition) is 2. The van der Waals surface area contributed by atoms with Crippen LogP contribution in [0.4, 0.5) is 4.53 Å². The minimum absolute atomic E-state index is 0.521. The summed E-state index contributed by atoms with van der Waals surface area (Å²) in [5.74, 6) is 0.521. The summed E-state index contributed by atoms with van der Waals surface area (Å²) >= 11 is 0. The van der Waals surface area contributed by atoms with E-state index in [1.165, 1.54) is 0 Å². The molecular weight excluding hydrogens is 134 g/mol. The zero-order valence-electron chi connectivity index (χ0n) is 3.87. The minimum Gasteiger partial charge on any atom is -0.319 e. The first-order chi connectivity index (χ1) is 3.62. The van der Waals surface area contributed by atoms with Crippen LogP contribution in [0.2, 0.25) is 0 Å². The largest absolute Gasteiger partial charge is 0.391 e. The van der Waals surface area contributed by atoms with Crippen LogP contribution >= 0.6 is 7.60 Å². The summed E-state index contributed by atoms with van der Waals surface area (Å²) in [5, 5.41) is 0. The first-order valence-corrected chi connectivity index (χ1v) is 3.27. The van der Waals surface area contributed by atoms with Crippen molar-refractivity contribution in [1.82, 2.24) is 0 Å². The first-order valence-electron chi connectivity index (χ1n) is 1.62. The Morgan fingerprint density at radius 3 is 2.62 bits per heavy atom. The fraction of sp³-hybridized carbons (Fsp3) is 0. The van der Waals surface area contributed by atoms with Crippen LogP contribution < -0.4 is 0 Å². The van der Waals surface area contributed by atoms with Gasteiger partial charge >= 0.3 is 7.60 Å². The van der Waals surface area contributed by atoms with Gasteiger partial charge < -0.3 is 4.89 Å². The maximum Gasteiger partial charge on any atom is 0.391 e. The van der Waals surface area contributed by atoms with E-state index in [0.717, 1.165) is 0 Å². The Morgan fingerprint density at radius 1 is 2.00 bits per heavy atom. The lowest BCUT2D eigenvalue weighted by Gasteiger charge is -1.92. The van der Waals surface area contributed by atoms with Crippen LogP contribution in [0.5, 0.6) is 0 Å². The van der Waals surface area contributed by atoms with Crippen LogP contribution in [0, 0.1) is 0 Å². The Bertz CT molecular complexity index is 160. The van der Waals surface area contributed by atoms with Crippen molar-refractivity contribution in [3.63, 3.8) is 0 Å². The molecule has 46 valence electrons. The standard InChI is InChI=1S/C3H4FO3P/c1-2-3-8(5,6)7-4/h3H,1H2,(H,5,6). The molecule has 0 aromatic heterocycles. The lowest BCUT2D eigenvalue weighted by molar-refractivity contribution is -0.0155. The number of halogens is 1. The quantitative estimate of drug-likeness (QED) is 0.463. The molecule has 0 spiro atoms. The van der Waals surface area contributed by atoms with Crippen molar-refractivity contribution in [2.75, 3.05) is 0 Å². The van der Waals surface area contributed by atoms with E-state index in [-0.39, 0.29) is 0 Å². The lowest BCUT2D eigenvalue weighted by atomic mass is 11.0. The van der Waals surface area contributed by atoms with E-state index in [1.807, 2.05) is 5.73 Å². The molecule has 1 atom stereocenters. The third-order valence-corrected chi connectivity index (χ3v) is 1.06. The predicted octanol–water partition coefficient (Wildman–Crippen LogP) is 1.37. The van der Waals surface area contributed by atoms with Gasteiger partial charge in [-0.25, -0.2) is 0 Å². The van der Waals surface area contributed by atoms with E-state index < -0.39 is 7.60 Å². The zero-order valence-corrected chi connectivity index (χ0v) is 4.77. The molecule has 0 rings (SSSR count). The maximum atomic E-state index is 10.8. The average molecular weight is 138 g/mol. The topological polar surface area (TPSA) is 46.5 Å². The van der Waals surface area contributed by atoms with Crippen molar-refractivity contribution >= 4 is 7.60 Å². The van der Waals surface area contributed by atoms with Crippen LogP contribution in [0.25, 0.3) is 0 Å². The van der Waals surface area contributed by atoms with Gasteiger partial charge in [0.25, 0.3) is 0 Å². The van der Waals surface area contributed by atoms with Gasteiger partial charge in [0.2, 0.25) is 0 Å². The van der Waals surface area contributed by atoms with Crippen molar-refractivity contribution in [1.29, 1.82) is 0 Å². The summed E-state index contributed by atoms with van der Waals surface area (Å²) < 4.78 is 23.5. The molecule has 1 unspecified atom stereocenters. The number of hydrogen-bond donors (Lipinski definition) is 1. The normalized spacial score (nSPS) is 16.2. The van der Waals surface area contributed by atoms with Gasteiger partial charge in [0, 0.05) is 0 Å². The van der Waals surface area contributed by atoms with Crippen LogP contribution in [0.3, 0.4) is 0 Å². The zero-order chi connectivity index (χ0) is 6.62. The average Bonchev–Trinajstić information content (AvgIpc) is 1.67. The summed E-state index contributed by atoms with van der Waals surface area (Å²) in [6.45, 7) is 2.93. The highest BCUT2D eigenvalue weighted by atomic mass is 31.2. The fourth-order valence-electron chi connectivity index (χ4n) is 0.135. The molecule has 0 aliphatic carbocycles. The van der Waals surface area contributed by atoms with Gasteiger partial charge in [-0.15, -0.1) is 10.5 Å². The van der Waals surface area contributed by atoms with Gasteiger partial charge in [-0.1, -0.05) is 6.58 Å². The summed E-state index contributed by atoms with van der Waals surface area (Å²) in [6.07, 6.45) is 0. The minimum atomic E-state index is -4.14. The molecular formula is C3H4FO3P. The molecule has 0 fully saturated rings. The Kier molecular flexibility index (Phi) is 2.66. The summed E-state index contributed by atoms with van der Waals surface area (Å²) in [6, 6.07) is 0. The third kappa shape index (κ3) is 2.72. The van der Waals surface area contributed by atoms with Gasteiger partial charge in [-0.05, 0) is 4.53 Å². The SMILES string of the molecule is C=C=CP(=O)(O)OF.